The summed E-state index contributed by atoms with van der Waals surface area (Å²) in [5.74, 6) is 1.25. The molecule has 0 amide bonds. The third-order valence-corrected chi connectivity index (χ3v) is 2.94. The monoisotopic (exact) mass is 329 g/mol. The molecule has 0 aliphatic rings. The molecule has 0 atom stereocenters. The molecule has 0 saturated heterocycles. The molecule has 1 aromatic rings. The summed E-state index contributed by atoms with van der Waals surface area (Å²) in [4.78, 5) is 4.33. The number of rotatable bonds is 4. The van der Waals surface area contributed by atoms with Gasteiger partial charge in [-0.05, 0) is 32.9 Å². The van der Waals surface area contributed by atoms with E-state index in [4.69, 9.17) is 9.47 Å². The number of guanidine groups is 1. The number of nitrogens with zero attached hydrogens (tertiary/aromatic N) is 1. The minimum Gasteiger partial charge on any atom is -0.493 e. The van der Waals surface area contributed by atoms with Crippen LogP contribution in [0.4, 0.5) is 5.69 Å². The molecule has 1 rings (SSSR count). The number of hydrogen-bond donors (Lipinski definition) is 2. The molecule has 0 heterocycles. The van der Waals surface area contributed by atoms with E-state index in [0.29, 0.717) is 17.2 Å². The second-order valence-corrected chi connectivity index (χ2v) is 7.45. The Morgan fingerprint density at radius 3 is 2.18 bits per heavy atom. The number of aliphatic imine (C=N–C) groups is 1. The lowest BCUT2D eigenvalue weighted by Crippen LogP contribution is -2.37. The second-order valence-electron chi connectivity index (χ2n) is 5.70. The van der Waals surface area contributed by atoms with Crippen molar-refractivity contribution in [1.82, 2.24) is 4.72 Å². The highest BCUT2D eigenvalue weighted by Gasteiger charge is 2.14. The van der Waals surface area contributed by atoms with E-state index in [0.717, 1.165) is 6.26 Å². The number of ether oxygens (including phenoxy) is 2. The summed E-state index contributed by atoms with van der Waals surface area (Å²) in [6.45, 7) is 5.60. The van der Waals surface area contributed by atoms with Crippen LogP contribution in [0.25, 0.3) is 0 Å². The molecule has 0 spiro atoms. The van der Waals surface area contributed by atoms with E-state index in [1.807, 2.05) is 20.8 Å². The molecule has 8 heteroatoms. The summed E-state index contributed by atoms with van der Waals surface area (Å²) in [6, 6.07) is 5.15. The zero-order valence-electron chi connectivity index (χ0n) is 13.7. The van der Waals surface area contributed by atoms with Gasteiger partial charge in [-0.25, -0.2) is 13.4 Å². The molecule has 7 nitrogen and oxygen atoms in total. The predicted molar refractivity (Wildman–Crippen MR) is 88.3 cm³/mol. The van der Waals surface area contributed by atoms with Crippen molar-refractivity contribution in [3.8, 4) is 11.5 Å². The third-order valence-electron chi connectivity index (χ3n) is 2.38. The summed E-state index contributed by atoms with van der Waals surface area (Å²) in [5.41, 5.74) is 0.174. The van der Waals surface area contributed by atoms with Crippen LogP contribution in [0.5, 0.6) is 11.5 Å². The van der Waals surface area contributed by atoms with Crippen molar-refractivity contribution in [3.05, 3.63) is 18.2 Å². The van der Waals surface area contributed by atoms with Crippen molar-refractivity contribution in [1.29, 1.82) is 0 Å². The maximum atomic E-state index is 11.5. The summed E-state index contributed by atoms with van der Waals surface area (Å²) in [7, 11) is -0.371. The largest absolute Gasteiger partial charge is 0.493 e. The van der Waals surface area contributed by atoms with Crippen molar-refractivity contribution < 1.29 is 17.9 Å². The van der Waals surface area contributed by atoms with Crippen LogP contribution in [-0.2, 0) is 10.0 Å². The fraction of sp³-hybridized carbons (Fsp3) is 0.500. The van der Waals surface area contributed by atoms with Crippen LogP contribution in [0, 0.1) is 0 Å². The molecule has 0 fully saturated rings. The molecular weight excluding hydrogens is 306 g/mol. The van der Waals surface area contributed by atoms with Gasteiger partial charge in [0.15, 0.2) is 11.5 Å². The van der Waals surface area contributed by atoms with Gasteiger partial charge >= 0.3 is 0 Å². The second kappa shape index (κ2) is 6.87. The predicted octanol–water partition coefficient (Wildman–Crippen LogP) is 1.82. The van der Waals surface area contributed by atoms with Gasteiger partial charge in [0.25, 0.3) is 0 Å². The topological polar surface area (TPSA) is 89.0 Å². The fourth-order valence-electron chi connectivity index (χ4n) is 1.64. The molecule has 0 bridgehead atoms. The SMILES string of the molecule is COc1ccc(NC(=NC(C)(C)C)NS(C)(=O)=O)cc1OC. The highest BCUT2D eigenvalue weighted by atomic mass is 32.2. The van der Waals surface area contributed by atoms with Crippen molar-refractivity contribution >= 4 is 21.7 Å². The average molecular weight is 329 g/mol. The minimum absolute atomic E-state index is 0.141. The minimum atomic E-state index is -3.44. The Morgan fingerprint density at radius 2 is 1.73 bits per heavy atom. The summed E-state index contributed by atoms with van der Waals surface area (Å²) in [6.07, 6.45) is 1.07. The first-order chi connectivity index (χ1) is 10.0. The van der Waals surface area contributed by atoms with E-state index in [1.165, 1.54) is 7.11 Å². The van der Waals surface area contributed by atoms with Gasteiger partial charge in [0.05, 0.1) is 26.0 Å². The molecule has 0 radical (unpaired) electrons. The van der Waals surface area contributed by atoms with Crippen LogP contribution in [-0.4, -0.2) is 40.4 Å². The average Bonchev–Trinajstić information content (AvgIpc) is 2.34. The van der Waals surface area contributed by atoms with Gasteiger partial charge in [-0.3, -0.25) is 4.72 Å². The van der Waals surface area contributed by atoms with Crippen molar-refractivity contribution in [2.45, 2.75) is 26.3 Å². The molecule has 124 valence electrons. The highest BCUT2D eigenvalue weighted by molar-refractivity contribution is 7.89. The number of anilines is 1. The Balaban J connectivity index is 3.12. The smallest absolute Gasteiger partial charge is 0.232 e. The van der Waals surface area contributed by atoms with E-state index >= 15 is 0 Å². The van der Waals surface area contributed by atoms with Crippen molar-refractivity contribution in [2.24, 2.45) is 4.99 Å². The first kappa shape index (κ1) is 18.1. The Kier molecular flexibility index (Phi) is 5.65. The van der Waals surface area contributed by atoms with Crippen LogP contribution in [0.1, 0.15) is 20.8 Å². The Bertz CT molecular complexity index is 649. The first-order valence-electron chi connectivity index (χ1n) is 6.61. The number of benzene rings is 1. The van der Waals surface area contributed by atoms with Crippen molar-refractivity contribution in [2.75, 3.05) is 25.8 Å². The molecule has 22 heavy (non-hydrogen) atoms. The van der Waals surface area contributed by atoms with Gasteiger partial charge in [0.1, 0.15) is 0 Å². The number of hydrogen-bond acceptors (Lipinski definition) is 5. The summed E-state index contributed by atoms with van der Waals surface area (Å²) in [5, 5.41) is 2.94. The van der Waals surface area contributed by atoms with E-state index < -0.39 is 15.6 Å². The lowest BCUT2D eigenvalue weighted by Gasteiger charge is -2.18. The van der Waals surface area contributed by atoms with Crippen LogP contribution in [0.15, 0.2) is 23.2 Å². The zero-order valence-corrected chi connectivity index (χ0v) is 14.5. The molecule has 0 aromatic heterocycles. The van der Waals surface area contributed by atoms with Crippen LogP contribution < -0.4 is 19.5 Å². The van der Waals surface area contributed by atoms with Gasteiger partial charge in [-0.1, -0.05) is 0 Å². The maximum Gasteiger partial charge on any atom is 0.232 e. The maximum absolute atomic E-state index is 11.5. The van der Waals surface area contributed by atoms with Crippen LogP contribution in [0.3, 0.4) is 0 Å². The lowest BCUT2D eigenvalue weighted by molar-refractivity contribution is 0.355. The van der Waals surface area contributed by atoms with E-state index in [9.17, 15) is 8.42 Å². The van der Waals surface area contributed by atoms with E-state index in [-0.39, 0.29) is 5.96 Å². The Morgan fingerprint density at radius 1 is 1.14 bits per heavy atom. The Labute approximate surface area is 131 Å². The number of sulfonamides is 1. The van der Waals surface area contributed by atoms with Crippen LogP contribution >= 0.6 is 0 Å². The van der Waals surface area contributed by atoms with E-state index in [1.54, 1.807) is 25.3 Å². The molecule has 0 saturated carbocycles. The standard InChI is InChI=1S/C14H23N3O4S/c1-14(2,3)16-13(17-22(6,18)19)15-10-7-8-11(20-4)12(9-10)21-5/h7-9H,1-6H3,(H2,15,16,17). The van der Waals surface area contributed by atoms with Gasteiger partial charge in [-0.2, -0.15) is 0 Å². The molecular formula is C14H23N3O4S. The van der Waals surface area contributed by atoms with Gasteiger partial charge in [-0.15, -0.1) is 0 Å². The third kappa shape index (κ3) is 6.21. The molecule has 0 unspecified atom stereocenters. The van der Waals surface area contributed by atoms with Gasteiger partial charge in [0.2, 0.25) is 16.0 Å². The normalized spacial score (nSPS) is 12.7. The summed E-state index contributed by atoms with van der Waals surface area (Å²) < 4.78 is 35.7. The lowest BCUT2D eigenvalue weighted by atomic mass is 10.1. The number of nitrogens with one attached hydrogen (secondary N) is 2. The molecule has 0 aliphatic heterocycles. The molecule has 0 aliphatic carbocycles. The molecule has 2 N–H and O–H groups in total. The van der Waals surface area contributed by atoms with E-state index in [2.05, 4.69) is 15.0 Å². The Hall–Kier alpha value is -1.96. The first-order valence-corrected chi connectivity index (χ1v) is 8.50. The van der Waals surface area contributed by atoms with Crippen LogP contribution in [0.2, 0.25) is 0 Å². The quantitative estimate of drug-likeness (QED) is 0.650. The van der Waals surface area contributed by atoms with Gasteiger partial charge < -0.3 is 14.8 Å². The number of methoxy groups -OCH3 is 2. The zero-order chi connectivity index (χ0) is 17.0. The fourth-order valence-corrected chi connectivity index (χ4v) is 2.09. The summed E-state index contributed by atoms with van der Waals surface area (Å²) >= 11 is 0. The highest BCUT2D eigenvalue weighted by Crippen LogP contribution is 2.29. The molecule has 1 aromatic carbocycles. The van der Waals surface area contributed by atoms with Crippen molar-refractivity contribution in [3.63, 3.8) is 0 Å². The van der Waals surface area contributed by atoms with Gasteiger partial charge in [0, 0.05) is 11.8 Å².